The maximum atomic E-state index is 13.7. The number of carbonyl (C=O) groups excluding carboxylic acids is 4. The molecule has 1 unspecified atom stereocenters. The smallest absolute Gasteiger partial charge is 0.405 e. The van der Waals surface area contributed by atoms with Gasteiger partial charge < -0.3 is 14.5 Å². The molecule has 2 aromatic rings. The lowest BCUT2D eigenvalue weighted by molar-refractivity contribution is -0.275. The monoisotopic (exact) mass is 665 g/mol. The van der Waals surface area contributed by atoms with Gasteiger partial charge in [0.25, 0.3) is 5.91 Å². The number of nitrogens with one attached hydrogen (secondary N) is 1. The third-order valence-corrected chi connectivity index (χ3v) is 10.2. The van der Waals surface area contributed by atoms with E-state index in [1.807, 2.05) is 12.1 Å². The fourth-order valence-electron chi connectivity index (χ4n) is 7.72. The van der Waals surface area contributed by atoms with Crippen molar-refractivity contribution in [3.8, 4) is 11.8 Å². The summed E-state index contributed by atoms with van der Waals surface area (Å²) in [5.74, 6) is -1.33. The maximum absolute atomic E-state index is 13.7. The van der Waals surface area contributed by atoms with Crippen LogP contribution in [-0.2, 0) is 32.8 Å². The van der Waals surface area contributed by atoms with E-state index in [1.165, 1.54) is 18.2 Å². The number of unbranched alkanes of at least 4 members (excludes halogenated alkanes) is 1. The van der Waals surface area contributed by atoms with Crippen LogP contribution in [0.5, 0.6) is 5.75 Å². The summed E-state index contributed by atoms with van der Waals surface area (Å²) in [5, 5.41) is 12.4. The summed E-state index contributed by atoms with van der Waals surface area (Å²) in [6.45, 7) is 2.40. The highest BCUT2D eigenvalue weighted by molar-refractivity contribution is 6.05. The molecule has 0 bridgehead atoms. The normalized spacial score (nSPS) is 22.8. The van der Waals surface area contributed by atoms with E-state index in [0.29, 0.717) is 18.5 Å². The Morgan fingerprint density at radius 3 is 2.52 bits per heavy atom. The number of hydrogen-bond donors (Lipinski definition) is 1. The molecule has 13 heteroatoms. The van der Waals surface area contributed by atoms with E-state index < -0.39 is 23.7 Å². The lowest BCUT2D eigenvalue weighted by Crippen LogP contribution is -2.52. The van der Waals surface area contributed by atoms with Crippen LogP contribution in [0.2, 0.25) is 0 Å². The van der Waals surface area contributed by atoms with Gasteiger partial charge in [0, 0.05) is 37.2 Å². The number of aryl methyl sites for hydroxylation is 1. The number of nitrogens with zero attached hydrogens (tertiary/aromatic N) is 4. The van der Waals surface area contributed by atoms with Gasteiger partial charge in [0.05, 0.1) is 17.5 Å². The Kier molecular flexibility index (Phi) is 9.47. The highest BCUT2D eigenvalue weighted by Gasteiger charge is 2.44. The molecule has 4 aliphatic heterocycles. The van der Waals surface area contributed by atoms with Crippen molar-refractivity contribution >= 4 is 23.6 Å². The zero-order valence-electron chi connectivity index (χ0n) is 26.6. The van der Waals surface area contributed by atoms with Crippen LogP contribution in [0.25, 0.3) is 0 Å². The van der Waals surface area contributed by atoms with E-state index in [-0.39, 0.29) is 67.4 Å². The number of halogens is 3. The number of ether oxygens (including phenoxy) is 1. The Morgan fingerprint density at radius 1 is 1.02 bits per heavy atom. The molecule has 10 nitrogen and oxygen atoms in total. The van der Waals surface area contributed by atoms with Crippen LogP contribution < -0.4 is 10.1 Å². The Bertz CT molecular complexity index is 1630. The molecule has 6 rings (SSSR count). The summed E-state index contributed by atoms with van der Waals surface area (Å²) in [7, 11) is 0. The summed E-state index contributed by atoms with van der Waals surface area (Å²) >= 11 is 0. The van der Waals surface area contributed by atoms with Gasteiger partial charge >= 0.3 is 6.36 Å². The first kappa shape index (κ1) is 33.5. The Labute approximate surface area is 276 Å². The number of nitriles is 1. The summed E-state index contributed by atoms with van der Waals surface area (Å²) in [5.41, 5.74) is 1.58. The van der Waals surface area contributed by atoms with Crippen molar-refractivity contribution in [3.63, 3.8) is 0 Å². The first-order valence-electron chi connectivity index (χ1n) is 16.5. The molecule has 2 aromatic carbocycles. The van der Waals surface area contributed by atoms with E-state index in [9.17, 15) is 37.6 Å². The first-order chi connectivity index (χ1) is 23.0. The third kappa shape index (κ3) is 6.76. The summed E-state index contributed by atoms with van der Waals surface area (Å²) in [6, 6.07) is 12.7. The number of hydrogen-bond acceptors (Lipinski definition) is 7. The average molecular weight is 666 g/mol. The molecule has 3 saturated heterocycles. The predicted molar refractivity (Wildman–Crippen MR) is 166 cm³/mol. The number of alkyl halides is 3. The van der Waals surface area contributed by atoms with Crippen LogP contribution in [0, 0.1) is 11.3 Å². The number of rotatable bonds is 9. The fourth-order valence-corrected chi connectivity index (χ4v) is 7.72. The van der Waals surface area contributed by atoms with Crippen molar-refractivity contribution in [1.29, 1.82) is 5.26 Å². The molecule has 0 radical (unpaired) electrons. The molecule has 4 aliphatic rings. The Balaban J connectivity index is 1.02. The van der Waals surface area contributed by atoms with Crippen LogP contribution in [0.4, 0.5) is 13.2 Å². The zero-order valence-corrected chi connectivity index (χ0v) is 26.6. The fraction of sp³-hybridized carbons (Fsp3) is 0.514. The van der Waals surface area contributed by atoms with Gasteiger partial charge in [-0.05, 0) is 87.7 Å². The van der Waals surface area contributed by atoms with E-state index in [2.05, 4.69) is 21.0 Å². The van der Waals surface area contributed by atoms with Crippen molar-refractivity contribution in [2.75, 3.05) is 26.2 Å². The number of benzene rings is 2. The van der Waals surface area contributed by atoms with Crippen molar-refractivity contribution in [2.45, 2.75) is 88.2 Å². The highest BCUT2D eigenvalue weighted by Crippen LogP contribution is 2.42. The lowest BCUT2D eigenvalue weighted by Gasteiger charge is -2.40. The second-order valence-electron chi connectivity index (χ2n) is 13.1. The van der Waals surface area contributed by atoms with Gasteiger partial charge in [0.2, 0.25) is 17.7 Å². The van der Waals surface area contributed by atoms with Crippen molar-refractivity contribution in [2.24, 2.45) is 0 Å². The third-order valence-electron chi connectivity index (χ3n) is 10.2. The summed E-state index contributed by atoms with van der Waals surface area (Å²) < 4.78 is 43.4. The number of imide groups is 1. The van der Waals surface area contributed by atoms with Gasteiger partial charge in [-0.2, -0.15) is 5.26 Å². The molecular weight excluding hydrogens is 627 g/mol. The summed E-state index contributed by atoms with van der Waals surface area (Å²) in [6.07, 6.45) is 0.108. The second-order valence-corrected chi connectivity index (χ2v) is 13.1. The Morgan fingerprint density at radius 2 is 1.79 bits per heavy atom. The molecule has 3 fully saturated rings. The van der Waals surface area contributed by atoms with Gasteiger partial charge in [-0.25, -0.2) is 0 Å². The van der Waals surface area contributed by atoms with E-state index in [0.717, 1.165) is 56.3 Å². The quantitative estimate of drug-likeness (QED) is 0.315. The van der Waals surface area contributed by atoms with E-state index >= 15 is 0 Å². The molecule has 0 aliphatic carbocycles. The molecule has 1 N–H and O–H groups in total. The van der Waals surface area contributed by atoms with Crippen LogP contribution in [0.3, 0.4) is 0 Å². The van der Waals surface area contributed by atoms with Crippen molar-refractivity contribution < 1.29 is 37.1 Å². The zero-order chi connectivity index (χ0) is 34.1. The number of fused-ring (bicyclic) bond motifs is 1. The maximum Gasteiger partial charge on any atom is 0.573 e. The minimum Gasteiger partial charge on any atom is -0.405 e. The molecule has 0 aromatic heterocycles. The molecular formula is C35H38F3N5O5. The van der Waals surface area contributed by atoms with Gasteiger partial charge in [0.15, 0.2) is 0 Å². The lowest BCUT2D eigenvalue weighted by atomic mass is 9.73. The molecule has 48 heavy (non-hydrogen) atoms. The minimum atomic E-state index is -4.88. The topological polar surface area (TPSA) is 123 Å². The molecule has 0 saturated carbocycles. The largest absolute Gasteiger partial charge is 0.573 e. The van der Waals surface area contributed by atoms with Crippen molar-refractivity contribution in [3.05, 3.63) is 64.7 Å². The van der Waals surface area contributed by atoms with Gasteiger partial charge in [-0.1, -0.05) is 30.3 Å². The van der Waals surface area contributed by atoms with Crippen LogP contribution in [-0.4, -0.2) is 83.0 Å². The van der Waals surface area contributed by atoms with Gasteiger partial charge in [0.1, 0.15) is 11.8 Å². The first-order valence-corrected chi connectivity index (χ1v) is 16.5. The summed E-state index contributed by atoms with van der Waals surface area (Å²) in [4.78, 5) is 56.3. The van der Waals surface area contributed by atoms with Crippen molar-refractivity contribution in [1.82, 2.24) is 20.0 Å². The Hall–Kier alpha value is -4.44. The van der Waals surface area contributed by atoms with Gasteiger partial charge in [-0.3, -0.25) is 29.4 Å². The number of carbonyl (C=O) groups is 4. The number of para-hydroxylation sites is 1. The average Bonchev–Trinajstić information content (AvgIpc) is 3.67. The second kappa shape index (κ2) is 13.6. The van der Waals surface area contributed by atoms with Crippen LogP contribution in [0.15, 0.2) is 42.5 Å². The SMILES string of the molecule is N#CC1(c2ccccc2OC(F)(F)F)CCN(C(=O)[C@H]2CCCN2CCCCc2cccc3c2CN(C2CCC(=O)NC2=O)C3=O)CC1. The molecule has 2 atom stereocenters. The standard InChI is InChI=1S/C35H38F3N5O5/c36-35(37,38)48-29-12-2-1-10-26(29)34(22-39)15-19-42(20-16-34)33(47)28-11-6-18-41(28)17-4-3-7-23-8-5-9-24-25(23)21-43(32(24)46)27-13-14-30(44)40-31(27)45/h1-2,5,8-10,12,27-28H,3-4,6-7,11,13-21H2,(H,40,44,45)/t27?,28-/m1/s1. The molecule has 4 amide bonds. The molecule has 254 valence electrons. The highest BCUT2D eigenvalue weighted by atomic mass is 19.4. The molecule has 0 spiro atoms. The van der Waals surface area contributed by atoms with Crippen LogP contribution >= 0.6 is 0 Å². The molecule has 4 heterocycles. The minimum absolute atomic E-state index is 0.00759. The number of amides is 4. The van der Waals surface area contributed by atoms with Crippen LogP contribution in [0.1, 0.15) is 78.4 Å². The van der Waals surface area contributed by atoms with Gasteiger partial charge in [-0.15, -0.1) is 13.2 Å². The van der Waals surface area contributed by atoms with E-state index in [1.54, 1.807) is 21.9 Å². The predicted octanol–water partition coefficient (Wildman–Crippen LogP) is 4.22. The number of piperidine rings is 2. The number of likely N-dealkylation sites (tertiary alicyclic amines) is 2. The van der Waals surface area contributed by atoms with E-state index in [4.69, 9.17) is 0 Å².